The van der Waals surface area contributed by atoms with Crippen LogP contribution in [0, 0.1) is 5.92 Å². The molecule has 0 bridgehead atoms. The molecule has 0 radical (unpaired) electrons. The van der Waals surface area contributed by atoms with E-state index in [4.69, 9.17) is 0 Å². The molecule has 4 aliphatic rings. The Balaban J connectivity index is 1.15. The monoisotopic (exact) mass is 434 g/mol. The molecule has 3 unspecified atom stereocenters. The van der Waals surface area contributed by atoms with Crippen LogP contribution in [-0.4, -0.2) is 148 Å². The molecule has 0 spiro atoms. The van der Waals surface area contributed by atoms with Crippen LogP contribution < -0.4 is 0 Å². The fourth-order valence-corrected chi connectivity index (χ4v) is 6.47. The molecule has 0 aromatic heterocycles. The Morgan fingerprint density at radius 3 is 2.19 bits per heavy atom. The smallest absolute Gasteiger partial charge is 0.0232 e. The molecule has 180 valence electrons. The highest BCUT2D eigenvalue weighted by Gasteiger charge is 2.33. The first-order valence-electron chi connectivity index (χ1n) is 13.2. The highest BCUT2D eigenvalue weighted by molar-refractivity contribution is 4.89. The van der Waals surface area contributed by atoms with Crippen molar-refractivity contribution < 1.29 is 0 Å². The minimum atomic E-state index is 0.760. The van der Waals surface area contributed by atoms with E-state index in [9.17, 15) is 0 Å². The van der Waals surface area contributed by atoms with Crippen LogP contribution in [-0.2, 0) is 0 Å². The number of hydrogen-bond donors (Lipinski definition) is 0. The van der Waals surface area contributed by atoms with Gasteiger partial charge in [0.15, 0.2) is 0 Å². The zero-order valence-electron chi connectivity index (χ0n) is 21.0. The average molecular weight is 435 g/mol. The lowest BCUT2D eigenvalue weighted by molar-refractivity contribution is 0.130. The van der Waals surface area contributed by atoms with Gasteiger partial charge in [-0.15, -0.1) is 0 Å². The van der Waals surface area contributed by atoms with Gasteiger partial charge in [0.2, 0.25) is 0 Å². The van der Waals surface area contributed by atoms with Crippen LogP contribution in [0.15, 0.2) is 0 Å². The lowest BCUT2D eigenvalue weighted by Gasteiger charge is -2.35. The fraction of sp³-hybridized carbons (Fsp3) is 1.00. The van der Waals surface area contributed by atoms with Crippen LogP contribution in [0.5, 0.6) is 0 Å². The molecule has 31 heavy (non-hydrogen) atoms. The quantitative estimate of drug-likeness (QED) is 0.543. The van der Waals surface area contributed by atoms with Crippen molar-refractivity contribution in [3.63, 3.8) is 0 Å². The highest BCUT2D eigenvalue weighted by Crippen LogP contribution is 2.25. The second kappa shape index (κ2) is 11.3. The molecule has 6 nitrogen and oxygen atoms in total. The lowest BCUT2D eigenvalue weighted by Crippen LogP contribution is -2.44. The molecule has 0 amide bonds. The summed E-state index contributed by atoms with van der Waals surface area (Å²) in [6.45, 7) is 14.2. The minimum absolute atomic E-state index is 0.760. The molecular formula is C25H50N6. The van der Waals surface area contributed by atoms with Gasteiger partial charge in [-0.1, -0.05) is 0 Å². The average Bonchev–Trinajstić information content (AvgIpc) is 3.50. The first-order chi connectivity index (χ1) is 15.0. The van der Waals surface area contributed by atoms with Crippen LogP contribution in [0.2, 0.25) is 0 Å². The van der Waals surface area contributed by atoms with Crippen molar-refractivity contribution in [1.29, 1.82) is 0 Å². The van der Waals surface area contributed by atoms with Crippen molar-refractivity contribution in [3.8, 4) is 0 Å². The van der Waals surface area contributed by atoms with Gasteiger partial charge in [-0.25, -0.2) is 0 Å². The minimum Gasteiger partial charge on any atom is -0.306 e. The Kier molecular flexibility index (Phi) is 8.68. The third kappa shape index (κ3) is 6.64. The van der Waals surface area contributed by atoms with Crippen LogP contribution in [0.1, 0.15) is 38.5 Å². The summed E-state index contributed by atoms with van der Waals surface area (Å²) in [6, 6.07) is 2.34. The molecule has 4 heterocycles. The predicted octanol–water partition coefficient (Wildman–Crippen LogP) is 1.43. The predicted molar refractivity (Wildman–Crippen MR) is 131 cm³/mol. The SMILES string of the molecule is CN1CCC(CN2CCCC2CN2CCC(N(C)CCN3CCC(N(C)C)C3)C2)CC1. The summed E-state index contributed by atoms with van der Waals surface area (Å²) >= 11 is 0. The summed E-state index contributed by atoms with van der Waals surface area (Å²) in [5, 5.41) is 0. The second-order valence-electron chi connectivity index (χ2n) is 11.4. The number of rotatable bonds is 9. The van der Waals surface area contributed by atoms with Crippen molar-refractivity contribution >= 4 is 0 Å². The van der Waals surface area contributed by atoms with Gasteiger partial charge in [-0.3, -0.25) is 4.90 Å². The second-order valence-corrected chi connectivity index (χ2v) is 11.4. The molecule has 6 heteroatoms. The van der Waals surface area contributed by atoms with Crippen LogP contribution in [0.3, 0.4) is 0 Å². The van der Waals surface area contributed by atoms with Gasteiger partial charge in [-0.2, -0.15) is 0 Å². The highest BCUT2D eigenvalue weighted by atomic mass is 15.3. The van der Waals surface area contributed by atoms with E-state index < -0.39 is 0 Å². The summed E-state index contributed by atoms with van der Waals surface area (Å²) in [5.41, 5.74) is 0. The molecule has 4 aliphatic heterocycles. The zero-order chi connectivity index (χ0) is 21.8. The number of hydrogen-bond acceptors (Lipinski definition) is 6. The Hall–Kier alpha value is -0.240. The lowest BCUT2D eigenvalue weighted by atomic mass is 9.96. The standard InChI is InChI=1S/C25H50N6/c1-26(2)23-9-14-29(19-23)17-16-28(4)24-10-15-30(20-24)21-25-6-5-11-31(25)18-22-7-12-27(3)13-8-22/h22-25H,5-21H2,1-4H3. The Morgan fingerprint density at radius 2 is 1.45 bits per heavy atom. The van der Waals surface area contributed by atoms with Crippen LogP contribution in [0.25, 0.3) is 0 Å². The maximum absolute atomic E-state index is 2.86. The third-order valence-corrected chi connectivity index (χ3v) is 8.92. The number of piperidine rings is 1. The molecule has 0 N–H and O–H groups in total. The van der Waals surface area contributed by atoms with Gasteiger partial charge in [0.1, 0.15) is 0 Å². The number of nitrogens with zero attached hydrogens (tertiary/aromatic N) is 6. The van der Waals surface area contributed by atoms with Gasteiger partial charge in [0.25, 0.3) is 0 Å². The van der Waals surface area contributed by atoms with Crippen molar-refractivity contribution in [2.24, 2.45) is 5.92 Å². The van der Waals surface area contributed by atoms with Gasteiger partial charge in [0.05, 0.1) is 0 Å². The zero-order valence-corrected chi connectivity index (χ0v) is 21.0. The topological polar surface area (TPSA) is 19.4 Å². The summed E-state index contributed by atoms with van der Waals surface area (Å²) in [6.07, 6.45) is 8.34. The normalized spacial score (nSPS) is 32.9. The molecule has 0 aromatic rings. The van der Waals surface area contributed by atoms with E-state index in [1.54, 1.807) is 0 Å². The van der Waals surface area contributed by atoms with Crippen LogP contribution >= 0.6 is 0 Å². The Labute approximate surface area is 192 Å². The maximum atomic E-state index is 2.86. The number of likely N-dealkylation sites (tertiary alicyclic amines) is 4. The Bertz CT molecular complexity index is 534. The number of likely N-dealkylation sites (N-methyl/N-ethyl adjacent to an activating group) is 2. The van der Waals surface area contributed by atoms with Gasteiger partial charge in [-0.05, 0) is 105 Å². The van der Waals surface area contributed by atoms with Gasteiger partial charge >= 0.3 is 0 Å². The van der Waals surface area contributed by atoms with Gasteiger partial charge < -0.3 is 24.5 Å². The summed E-state index contributed by atoms with van der Waals surface area (Å²) in [7, 11) is 9.11. The largest absolute Gasteiger partial charge is 0.306 e. The van der Waals surface area contributed by atoms with E-state index in [-0.39, 0.29) is 0 Å². The van der Waals surface area contributed by atoms with Crippen LogP contribution in [0.4, 0.5) is 0 Å². The molecular weight excluding hydrogens is 384 g/mol. The van der Waals surface area contributed by atoms with Crippen molar-refractivity contribution in [2.75, 3.05) is 100 Å². The first-order valence-corrected chi connectivity index (χ1v) is 13.2. The summed E-state index contributed by atoms with van der Waals surface area (Å²) < 4.78 is 0. The van der Waals surface area contributed by atoms with E-state index >= 15 is 0 Å². The van der Waals surface area contributed by atoms with E-state index in [0.717, 1.165) is 24.0 Å². The molecule has 0 aliphatic carbocycles. The maximum Gasteiger partial charge on any atom is 0.0232 e. The molecule has 4 fully saturated rings. The molecule has 0 aromatic carbocycles. The third-order valence-electron chi connectivity index (χ3n) is 8.92. The first kappa shape index (κ1) is 23.9. The molecule has 4 rings (SSSR count). The van der Waals surface area contributed by atoms with E-state index in [1.807, 2.05) is 0 Å². The van der Waals surface area contributed by atoms with Crippen molar-refractivity contribution in [3.05, 3.63) is 0 Å². The Morgan fingerprint density at radius 1 is 0.742 bits per heavy atom. The van der Waals surface area contributed by atoms with Gasteiger partial charge in [0, 0.05) is 57.4 Å². The van der Waals surface area contributed by atoms with Crippen molar-refractivity contribution in [1.82, 2.24) is 29.4 Å². The molecule has 4 saturated heterocycles. The summed E-state index contributed by atoms with van der Waals surface area (Å²) in [4.78, 5) is 15.9. The molecule has 3 atom stereocenters. The fourth-order valence-electron chi connectivity index (χ4n) is 6.47. The summed E-state index contributed by atoms with van der Waals surface area (Å²) in [5.74, 6) is 0.937. The van der Waals surface area contributed by atoms with E-state index in [1.165, 1.54) is 111 Å². The van der Waals surface area contributed by atoms with E-state index in [0.29, 0.717) is 0 Å². The van der Waals surface area contributed by atoms with Crippen molar-refractivity contribution in [2.45, 2.75) is 56.7 Å². The van der Waals surface area contributed by atoms with E-state index in [2.05, 4.69) is 57.6 Å². The molecule has 0 saturated carbocycles.